The van der Waals surface area contributed by atoms with Crippen molar-refractivity contribution in [3.8, 4) is 0 Å². The van der Waals surface area contributed by atoms with Gasteiger partial charge in [-0.3, -0.25) is 0 Å². The van der Waals surface area contributed by atoms with E-state index in [2.05, 4.69) is 68.7 Å². The van der Waals surface area contributed by atoms with Crippen molar-refractivity contribution in [2.45, 2.75) is 111 Å². The van der Waals surface area contributed by atoms with E-state index in [0.717, 1.165) is 5.92 Å². The Morgan fingerprint density at radius 3 is 1.97 bits per heavy atom. The molecule has 1 aromatic carbocycles. The highest BCUT2D eigenvalue weighted by Gasteiger charge is 2.48. The van der Waals surface area contributed by atoms with Gasteiger partial charge in [-0.2, -0.15) is 0 Å². The van der Waals surface area contributed by atoms with Crippen LogP contribution in [0.5, 0.6) is 0 Å². The summed E-state index contributed by atoms with van der Waals surface area (Å²) < 4.78 is 0. The molecule has 2 heteroatoms. The second-order valence-electron chi connectivity index (χ2n) is 10.9. The number of nitrogens with zero attached hydrogens (tertiary/aromatic N) is 2. The molecule has 1 heterocycles. The molecule has 2 fully saturated rings. The predicted molar refractivity (Wildman–Crippen MR) is 125 cm³/mol. The lowest BCUT2D eigenvalue weighted by Gasteiger charge is -2.48. The molecule has 4 rings (SSSR count). The van der Waals surface area contributed by atoms with Crippen molar-refractivity contribution in [1.82, 2.24) is 4.90 Å². The van der Waals surface area contributed by atoms with Crippen molar-refractivity contribution in [3.05, 3.63) is 41.2 Å². The van der Waals surface area contributed by atoms with Gasteiger partial charge in [0.05, 0.1) is 0 Å². The van der Waals surface area contributed by atoms with Crippen LogP contribution in [0.1, 0.15) is 97.5 Å². The second kappa shape index (κ2) is 8.36. The van der Waals surface area contributed by atoms with E-state index in [9.17, 15) is 0 Å². The summed E-state index contributed by atoms with van der Waals surface area (Å²) in [4.78, 5) is 5.69. The second-order valence-corrected chi connectivity index (χ2v) is 10.9. The molecule has 2 saturated carbocycles. The molecule has 1 aliphatic heterocycles. The molecule has 160 valence electrons. The molecule has 0 amide bonds. The minimum Gasteiger partial charge on any atom is -0.349 e. The molecule has 29 heavy (non-hydrogen) atoms. The maximum absolute atomic E-state index is 2.96. The summed E-state index contributed by atoms with van der Waals surface area (Å²) in [6, 6.07) is 9.75. The van der Waals surface area contributed by atoms with Crippen LogP contribution in [0.25, 0.3) is 0 Å². The topological polar surface area (TPSA) is 6.48 Å². The minimum atomic E-state index is 0.192. The molecule has 3 aliphatic rings. The van der Waals surface area contributed by atoms with Gasteiger partial charge in [-0.25, -0.2) is 0 Å². The molecule has 1 unspecified atom stereocenters. The van der Waals surface area contributed by atoms with Crippen molar-refractivity contribution < 1.29 is 0 Å². The van der Waals surface area contributed by atoms with E-state index in [0.29, 0.717) is 12.2 Å². The molecule has 0 aromatic heterocycles. The van der Waals surface area contributed by atoms with Crippen LogP contribution >= 0.6 is 0 Å². The summed E-state index contributed by atoms with van der Waals surface area (Å²) in [6.07, 6.45) is 14.4. The van der Waals surface area contributed by atoms with Gasteiger partial charge in [-0.1, -0.05) is 77.5 Å². The molecule has 0 bridgehead atoms. The summed E-state index contributed by atoms with van der Waals surface area (Å²) in [7, 11) is 0. The fourth-order valence-corrected chi connectivity index (χ4v) is 6.34. The highest BCUT2D eigenvalue weighted by molar-refractivity contribution is 5.61. The molecule has 0 radical (unpaired) electrons. The third kappa shape index (κ3) is 3.97. The standard InChI is InChI=1S/C27H42N2/c1-20-14-12-13-19-24(20)28-21(2)25(22-15-8-6-9-16-22)29(26(28)27(3,4)5)23-17-10-7-11-18-23/h12-14,19,22-23,26H,6-11,15-18H2,1-5H3. The third-order valence-electron chi connectivity index (χ3n) is 7.63. The van der Waals surface area contributed by atoms with E-state index < -0.39 is 0 Å². The van der Waals surface area contributed by atoms with E-state index in [4.69, 9.17) is 0 Å². The summed E-state index contributed by atoms with van der Waals surface area (Å²) in [5, 5.41) is 0. The van der Waals surface area contributed by atoms with Crippen molar-refractivity contribution in [2.75, 3.05) is 4.90 Å². The smallest absolute Gasteiger partial charge is 0.111 e. The monoisotopic (exact) mass is 394 g/mol. The van der Waals surface area contributed by atoms with Gasteiger partial charge in [0.1, 0.15) is 6.17 Å². The van der Waals surface area contributed by atoms with Crippen LogP contribution in [0.2, 0.25) is 0 Å². The third-order valence-corrected chi connectivity index (χ3v) is 7.63. The number of benzene rings is 1. The number of hydrogen-bond acceptors (Lipinski definition) is 2. The summed E-state index contributed by atoms with van der Waals surface area (Å²) in [5.41, 5.74) is 6.25. The van der Waals surface area contributed by atoms with Crippen LogP contribution in [0.15, 0.2) is 35.7 Å². The van der Waals surface area contributed by atoms with Crippen LogP contribution in [-0.2, 0) is 0 Å². The van der Waals surface area contributed by atoms with Gasteiger partial charge in [-0.15, -0.1) is 0 Å². The fraction of sp³-hybridized carbons (Fsp3) is 0.704. The lowest BCUT2D eigenvalue weighted by atomic mass is 9.83. The first-order valence-corrected chi connectivity index (χ1v) is 12.2. The van der Waals surface area contributed by atoms with Gasteiger partial charge >= 0.3 is 0 Å². The van der Waals surface area contributed by atoms with Crippen molar-refractivity contribution in [1.29, 1.82) is 0 Å². The number of para-hydroxylation sites is 1. The molecule has 0 saturated heterocycles. The van der Waals surface area contributed by atoms with E-state index in [-0.39, 0.29) is 5.41 Å². The normalized spacial score (nSPS) is 25.2. The molecule has 2 nitrogen and oxygen atoms in total. The van der Waals surface area contributed by atoms with Crippen LogP contribution < -0.4 is 4.90 Å². The molecule has 2 aliphatic carbocycles. The minimum absolute atomic E-state index is 0.192. The van der Waals surface area contributed by atoms with E-state index >= 15 is 0 Å². The fourth-order valence-electron chi connectivity index (χ4n) is 6.34. The Hall–Kier alpha value is -1.44. The van der Waals surface area contributed by atoms with Gasteiger partial charge in [0.2, 0.25) is 0 Å². The lowest BCUT2D eigenvalue weighted by Crippen LogP contribution is -2.54. The summed E-state index contributed by atoms with van der Waals surface area (Å²) in [5.74, 6) is 0.754. The summed E-state index contributed by atoms with van der Waals surface area (Å²) >= 11 is 0. The Kier molecular flexibility index (Phi) is 6.00. The molecule has 1 atom stereocenters. The molecule has 0 spiro atoms. The van der Waals surface area contributed by atoms with Gasteiger partial charge in [-0.05, 0) is 51.2 Å². The zero-order valence-electron chi connectivity index (χ0n) is 19.5. The quantitative estimate of drug-likeness (QED) is 0.520. The average molecular weight is 395 g/mol. The van der Waals surface area contributed by atoms with Crippen LogP contribution in [0.3, 0.4) is 0 Å². The van der Waals surface area contributed by atoms with Crippen LogP contribution in [-0.4, -0.2) is 17.1 Å². The van der Waals surface area contributed by atoms with Crippen LogP contribution in [0, 0.1) is 18.3 Å². The van der Waals surface area contributed by atoms with E-state index in [1.165, 1.54) is 81.2 Å². The lowest BCUT2D eigenvalue weighted by molar-refractivity contribution is 0.0770. The zero-order chi connectivity index (χ0) is 20.6. The summed E-state index contributed by atoms with van der Waals surface area (Å²) in [6.45, 7) is 12.1. The van der Waals surface area contributed by atoms with Crippen molar-refractivity contribution >= 4 is 5.69 Å². The van der Waals surface area contributed by atoms with Crippen molar-refractivity contribution in [3.63, 3.8) is 0 Å². The van der Waals surface area contributed by atoms with E-state index in [1.807, 2.05) is 0 Å². The molecule has 0 N–H and O–H groups in total. The number of hydrogen-bond donors (Lipinski definition) is 0. The number of aryl methyl sites for hydroxylation is 1. The Morgan fingerprint density at radius 1 is 0.793 bits per heavy atom. The van der Waals surface area contributed by atoms with Gasteiger partial charge < -0.3 is 9.80 Å². The van der Waals surface area contributed by atoms with E-state index in [1.54, 1.807) is 5.70 Å². The average Bonchev–Trinajstić information content (AvgIpc) is 3.03. The Bertz CT molecular complexity index is 729. The Morgan fingerprint density at radius 2 is 1.38 bits per heavy atom. The Labute approximate surface area is 179 Å². The van der Waals surface area contributed by atoms with Crippen molar-refractivity contribution in [2.24, 2.45) is 11.3 Å². The largest absolute Gasteiger partial charge is 0.349 e. The zero-order valence-corrected chi connectivity index (χ0v) is 19.5. The van der Waals surface area contributed by atoms with Gasteiger partial charge in [0.15, 0.2) is 0 Å². The Balaban J connectivity index is 1.84. The molecular formula is C27H42N2. The maximum Gasteiger partial charge on any atom is 0.111 e. The number of allylic oxidation sites excluding steroid dienone is 2. The highest BCUT2D eigenvalue weighted by atomic mass is 15.4. The van der Waals surface area contributed by atoms with Crippen LogP contribution in [0.4, 0.5) is 5.69 Å². The SMILES string of the molecule is CC1=C(C2CCCCC2)N(C2CCCCC2)C(C(C)(C)C)N1c1ccccc1C. The van der Waals surface area contributed by atoms with Gasteiger partial charge in [0, 0.05) is 34.5 Å². The molecule has 1 aromatic rings. The van der Waals surface area contributed by atoms with Gasteiger partial charge in [0.25, 0.3) is 0 Å². The maximum atomic E-state index is 2.96. The predicted octanol–water partition coefficient (Wildman–Crippen LogP) is 7.63. The number of rotatable bonds is 3. The highest BCUT2D eigenvalue weighted by Crippen LogP contribution is 2.49. The first-order chi connectivity index (χ1) is 13.9. The number of anilines is 1. The first kappa shape index (κ1) is 20.8. The first-order valence-electron chi connectivity index (χ1n) is 12.2. The molecular weight excluding hydrogens is 352 g/mol.